The second-order valence-corrected chi connectivity index (χ2v) is 10.4. The average Bonchev–Trinajstić information content (AvgIpc) is 2.86. The van der Waals surface area contributed by atoms with Crippen molar-refractivity contribution in [1.82, 2.24) is 10.6 Å². The summed E-state index contributed by atoms with van der Waals surface area (Å²) in [6.07, 6.45) is 0. The molecule has 0 heterocycles. The highest BCUT2D eigenvalue weighted by Crippen LogP contribution is 2.24. The normalized spacial score (nSPS) is 10.5. The Hall–Kier alpha value is -2.89. The van der Waals surface area contributed by atoms with Crippen molar-refractivity contribution in [2.24, 2.45) is 4.99 Å². The maximum atomic E-state index is 9.67. The number of isothiocyanates is 1. The first-order valence-electron chi connectivity index (χ1n) is 12.0. The second-order valence-electron chi connectivity index (χ2n) is 9.81. The zero-order chi connectivity index (χ0) is 26.6. The minimum atomic E-state index is 0.0322. The Labute approximate surface area is 226 Å². The number of rotatable bonds is 7. The van der Waals surface area contributed by atoms with E-state index in [1.807, 2.05) is 12.1 Å². The van der Waals surface area contributed by atoms with E-state index in [9.17, 15) is 5.11 Å². The van der Waals surface area contributed by atoms with E-state index in [1.54, 1.807) is 0 Å². The Balaban J connectivity index is 0.000000346. The van der Waals surface area contributed by atoms with Crippen LogP contribution in [0.2, 0.25) is 0 Å². The monoisotopic (exact) mass is 519 g/mol. The van der Waals surface area contributed by atoms with Gasteiger partial charge in [-0.2, -0.15) is 0 Å². The van der Waals surface area contributed by atoms with Gasteiger partial charge >= 0.3 is 0 Å². The molecule has 0 aliphatic carbocycles. The number of benzene rings is 3. The third kappa shape index (κ3) is 10.4. The van der Waals surface area contributed by atoms with Crippen LogP contribution in [0.3, 0.4) is 0 Å². The number of hydrogen-bond donors (Lipinski definition) is 3. The van der Waals surface area contributed by atoms with Crippen molar-refractivity contribution in [3.05, 3.63) is 106 Å². The number of aliphatic hydroxyl groups excluding tert-OH is 1. The standard InChI is InChI=1S/C21H28N2OS.C9H9NS/c1-15-5-7-16(8-6-15)12-22-20(25)23-13-17-9-10-19(21(2,3)4)11-18(17)14-24;1-8-2-4-9(5-3-8)6-10-7-11/h5-11,24H,12-14H2,1-4H3,(H2,22,23,25);2-5H,6H2,1H3. The first-order chi connectivity index (χ1) is 17.1. The molecule has 36 heavy (non-hydrogen) atoms. The topological polar surface area (TPSA) is 56.7 Å². The molecule has 0 aromatic heterocycles. The molecule has 0 aliphatic rings. The first kappa shape index (κ1) is 29.3. The van der Waals surface area contributed by atoms with E-state index >= 15 is 0 Å². The lowest BCUT2D eigenvalue weighted by molar-refractivity contribution is 0.280. The van der Waals surface area contributed by atoms with Crippen LogP contribution in [0.15, 0.2) is 71.7 Å². The van der Waals surface area contributed by atoms with E-state index in [0.717, 1.165) is 11.1 Å². The van der Waals surface area contributed by atoms with Gasteiger partial charge in [-0.3, -0.25) is 0 Å². The maximum absolute atomic E-state index is 9.67. The average molecular weight is 520 g/mol. The predicted molar refractivity (Wildman–Crippen MR) is 158 cm³/mol. The molecule has 0 bridgehead atoms. The van der Waals surface area contributed by atoms with Crippen LogP contribution in [0, 0.1) is 13.8 Å². The molecule has 0 spiro atoms. The van der Waals surface area contributed by atoms with Crippen molar-refractivity contribution in [2.75, 3.05) is 0 Å². The molecule has 0 saturated carbocycles. The number of aryl methyl sites for hydroxylation is 2. The zero-order valence-electron chi connectivity index (χ0n) is 21.9. The van der Waals surface area contributed by atoms with Gasteiger partial charge in [-0.25, -0.2) is 4.99 Å². The summed E-state index contributed by atoms with van der Waals surface area (Å²) >= 11 is 9.82. The second kappa shape index (κ2) is 14.6. The van der Waals surface area contributed by atoms with Gasteiger partial charge in [-0.1, -0.05) is 98.6 Å². The van der Waals surface area contributed by atoms with Gasteiger partial charge in [-0.05, 0) is 71.5 Å². The SMILES string of the molecule is Cc1ccc(CN=C=S)cc1.Cc1ccc(CNC(=S)NCc2ccc(C(C)(C)C)cc2CO)cc1. The van der Waals surface area contributed by atoms with E-state index in [2.05, 4.69) is 122 Å². The number of aliphatic hydroxyl groups is 1. The minimum Gasteiger partial charge on any atom is -0.392 e. The third-order valence-electron chi connectivity index (χ3n) is 5.70. The van der Waals surface area contributed by atoms with Crippen molar-refractivity contribution in [2.45, 2.75) is 66.3 Å². The lowest BCUT2D eigenvalue weighted by atomic mass is 9.85. The van der Waals surface area contributed by atoms with Crippen LogP contribution in [-0.4, -0.2) is 15.4 Å². The summed E-state index contributed by atoms with van der Waals surface area (Å²) in [5.74, 6) is 0. The predicted octanol–water partition coefficient (Wildman–Crippen LogP) is 6.55. The Morgan fingerprint density at radius 2 is 1.39 bits per heavy atom. The van der Waals surface area contributed by atoms with E-state index in [-0.39, 0.29) is 12.0 Å². The summed E-state index contributed by atoms with van der Waals surface area (Å²) in [4.78, 5) is 3.84. The quantitative estimate of drug-likeness (QED) is 0.244. The molecular weight excluding hydrogens is 482 g/mol. The molecule has 4 nitrogen and oxygen atoms in total. The highest BCUT2D eigenvalue weighted by atomic mass is 32.1. The Morgan fingerprint density at radius 3 is 1.92 bits per heavy atom. The van der Waals surface area contributed by atoms with Crippen LogP contribution >= 0.6 is 24.4 Å². The maximum Gasteiger partial charge on any atom is 0.166 e. The molecule has 0 saturated heterocycles. The van der Waals surface area contributed by atoms with Crippen LogP contribution < -0.4 is 10.6 Å². The molecule has 3 aromatic rings. The molecular formula is C30H37N3OS2. The van der Waals surface area contributed by atoms with Crippen LogP contribution in [0.4, 0.5) is 0 Å². The van der Waals surface area contributed by atoms with Crippen molar-refractivity contribution in [1.29, 1.82) is 0 Å². The highest BCUT2D eigenvalue weighted by Gasteiger charge is 2.15. The van der Waals surface area contributed by atoms with Crippen LogP contribution in [0.1, 0.15) is 59.7 Å². The lowest BCUT2D eigenvalue weighted by Gasteiger charge is -2.21. The summed E-state index contributed by atoms with van der Waals surface area (Å²) in [5.41, 5.74) is 8.19. The lowest BCUT2D eigenvalue weighted by Crippen LogP contribution is -2.34. The third-order valence-corrected chi connectivity index (χ3v) is 6.12. The number of nitrogens with zero attached hydrogens (tertiary/aromatic N) is 1. The van der Waals surface area contributed by atoms with E-state index in [0.29, 0.717) is 24.7 Å². The Morgan fingerprint density at radius 1 is 0.833 bits per heavy atom. The zero-order valence-corrected chi connectivity index (χ0v) is 23.5. The molecule has 3 N–H and O–H groups in total. The van der Waals surface area contributed by atoms with Gasteiger partial charge < -0.3 is 15.7 Å². The minimum absolute atomic E-state index is 0.0322. The van der Waals surface area contributed by atoms with Gasteiger partial charge in [0, 0.05) is 13.1 Å². The molecule has 0 fully saturated rings. The first-order valence-corrected chi connectivity index (χ1v) is 12.8. The van der Waals surface area contributed by atoms with Gasteiger partial charge in [0.15, 0.2) is 5.11 Å². The van der Waals surface area contributed by atoms with E-state index < -0.39 is 0 Å². The smallest absolute Gasteiger partial charge is 0.166 e. The van der Waals surface area contributed by atoms with Crippen molar-refractivity contribution >= 4 is 34.7 Å². The molecule has 3 rings (SSSR count). The van der Waals surface area contributed by atoms with Crippen LogP contribution in [-0.2, 0) is 31.7 Å². The number of aliphatic imine (C=N–C) groups is 1. The Bertz CT molecular complexity index is 1160. The molecule has 0 aliphatic heterocycles. The van der Waals surface area contributed by atoms with Gasteiger partial charge in [0.2, 0.25) is 0 Å². The number of nitrogens with one attached hydrogen (secondary N) is 2. The van der Waals surface area contributed by atoms with Gasteiger partial charge in [-0.15, -0.1) is 0 Å². The molecule has 6 heteroatoms. The molecule has 0 radical (unpaired) electrons. The summed E-state index contributed by atoms with van der Waals surface area (Å²) < 4.78 is 0. The van der Waals surface area contributed by atoms with E-state index in [4.69, 9.17) is 12.2 Å². The highest BCUT2D eigenvalue weighted by molar-refractivity contribution is 7.80. The summed E-state index contributed by atoms with van der Waals surface area (Å²) in [6.45, 7) is 12.6. The van der Waals surface area contributed by atoms with Crippen LogP contribution in [0.5, 0.6) is 0 Å². The fraction of sp³-hybridized carbons (Fsp3) is 0.333. The fourth-order valence-electron chi connectivity index (χ4n) is 3.36. The fourth-order valence-corrected chi connectivity index (χ4v) is 3.56. The molecule has 3 aromatic carbocycles. The van der Waals surface area contributed by atoms with Gasteiger partial charge in [0.1, 0.15) is 0 Å². The Kier molecular flexibility index (Phi) is 11.9. The van der Waals surface area contributed by atoms with Gasteiger partial charge in [0.25, 0.3) is 0 Å². The molecule has 0 unspecified atom stereocenters. The van der Waals surface area contributed by atoms with Crippen molar-refractivity contribution in [3.63, 3.8) is 0 Å². The number of thiocarbonyl (C=S) groups is 2. The number of hydrogen-bond acceptors (Lipinski definition) is 4. The molecule has 0 amide bonds. The molecule has 190 valence electrons. The molecule has 0 atom stereocenters. The van der Waals surface area contributed by atoms with Crippen LogP contribution in [0.25, 0.3) is 0 Å². The van der Waals surface area contributed by atoms with Crippen molar-refractivity contribution < 1.29 is 5.11 Å². The van der Waals surface area contributed by atoms with Gasteiger partial charge in [0.05, 0.1) is 18.3 Å². The van der Waals surface area contributed by atoms with Crippen molar-refractivity contribution in [3.8, 4) is 0 Å². The summed E-state index contributed by atoms with van der Waals surface area (Å²) in [6, 6.07) is 22.9. The largest absolute Gasteiger partial charge is 0.392 e. The summed E-state index contributed by atoms with van der Waals surface area (Å²) in [7, 11) is 0. The van der Waals surface area contributed by atoms with E-state index in [1.165, 1.54) is 27.8 Å². The summed E-state index contributed by atoms with van der Waals surface area (Å²) in [5, 5.41) is 19.1.